The Hall–Kier alpha value is -2.60. The van der Waals surface area contributed by atoms with Gasteiger partial charge in [0.25, 0.3) is 5.91 Å². The highest BCUT2D eigenvalue weighted by Crippen LogP contribution is 2.31. The minimum Gasteiger partial charge on any atom is -0.456 e. The Labute approximate surface area is 155 Å². The van der Waals surface area contributed by atoms with Gasteiger partial charge >= 0.3 is 0 Å². The van der Waals surface area contributed by atoms with Crippen molar-refractivity contribution in [3.63, 3.8) is 0 Å². The number of halogens is 2. The number of amides is 2. The molecule has 136 valence electrons. The van der Waals surface area contributed by atoms with Crippen LogP contribution in [-0.2, 0) is 4.79 Å². The fourth-order valence-electron chi connectivity index (χ4n) is 2.78. The molecule has 7 heteroatoms. The third-order valence-corrected chi connectivity index (χ3v) is 4.36. The fraction of sp³-hybridized carbons (Fsp3) is 0.263. The number of benzene rings is 2. The van der Waals surface area contributed by atoms with E-state index in [1.54, 1.807) is 19.1 Å². The quantitative estimate of drug-likeness (QED) is 0.856. The summed E-state index contributed by atoms with van der Waals surface area (Å²) in [4.78, 5) is 24.1. The smallest absolute Gasteiger partial charge is 0.255 e. The van der Waals surface area contributed by atoms with Gasteiger partial charge in [-0.15, -0.1) is 0 Å². The maximum absolute atomic E-state index is 13.3. The lowest BCUT2D eigenvalue weighted by Gasteiger charge is -2.23. The largest absolute Gasteiger partial charge is 0.456 e. The molecule has 1 atom stereocenters. The highest BCUT2D eigenvalue weighted by Gasteiger charge is 2.23. The third kappa shape index (κ3) is 4.32. The van der Waals surface area contributed by atoms with Gasteiger partial charge in [-0.2, -0.15) is 0 Å². The number of rotatable bonds is 4. The number of piperidine rings is 1. The number of carbonyl (C=O) groups is 2. The standard InChI is InChI=1S/C19H18ClFN2O3/c1-11-8-13(21)3-5-16(11)26-17-9-12(20)2-4-15(17)19(25)23-14-6-7-22-18(24)10-14/h2-5,8-9,14H,6-7,10H2,1H3,(H,22,24)(H,23,25). The second-order valence-electron chi connectivity index (χ2n) is 6.17. The van der Waals surface area contributed by atoms with Crippen LogP contribution < -0.4 is 15.4 Å². The summed E-state index contributed by atoms with van der Waals surface area (Å²) in [6.07, 6.45) is 0.908. The number of nitrogens with one attached hydrogen (secondary N) is 2. The lowest BCUT2D eigenvalue weighted by Crippen LogP contribution is -2.45. The van der Waals surface area contributed by atoms with Gasteiger partial charge in [0.15, 0.2) is 0 Å². The Bertz CT molecular complexity index is 857. The Kier molecular flexibility index (Phi) is 5.42. The summed E-state index contributed by atoms with van der Waals surface area (Å²) in [5, 5.41) is 5.99. The molecule has 1 unspecified atom stereocenters. The van der Waals surface area contributed by atoms with E-state index in [-0.39, 0.29) is 35.8 Å². The summed E-state index contributed by atoms with van der Waals surface area (Å²) in [5.74, 6) is -0.105. The van der Waals surface area contributed by atoms with Crippen molar-refractivity contribution in [1.29, 1.82) is 0 Å². The van der Waals surface area contributed by atoms with Crippen molar-refractivity contribution in [2.45, 2.75) is 25.8 Å². The van der Waals surface area contributed by atoms with Crippen molar-refractivity contribution in [2.75, 3.05) is 6.54 Å². The van der Waals surface area contributed by atoms with E-state index in [4.69, 9.17) is 16.3 Å². The van der Waals surface area contributed by atoms with E-state index < -0.39 is 0 Å². The van der Waals surface area contributed by atoms with E-state index in [1.807, 2.05) is 0 Å². The first-order chi connectivity index (χ1) is 12.4. The normalized spacial score (nSPS) is 16.7. The molecule has 0 radical (unpaired) electrons. The Morgan fingerprint density at radius 2 is 2.08 bits per heavy atom. The number of ether oxygens (including phenoxy) is 1. The van der Waals surface area contributed by atoms with Crippen LogP contribution >= 0.6 is 11.6 Å². The molecule has 26 heavy (non-hydrogen) atoms. The van der Waals surface area contributed by atoms with Crippen molar-refractivity contribution in [3.8, 4) is 11.5 Å². The first kappa shape index (κ1) is 18.2. The molecule has 1 aliphatic rings. The van der Waals surface area contributed by atoms with E-state index >= 15 is 0 Å². The Morgan fingerprint density at radius 3 is 2.81 bits per heavy atom. The SMILES string of the molecule is Cc1cc(F)ccc1Oc1cc(Cl)ccc1C(=O)NC1CCNC(=O)C1. The van der Waals surface area contributed by atoms with E-state index in [2.05, 4.69) is 10.6 Å². The zero-order valence-corrected chi connectivity index (χ0v) is 14.9. The van der Waals surface area contributed by atoms with Crippen LogP contribution in [0.25, 0.3) is 0 Å². The molecule has 1 heterocycles. The maximum atomic E-state index is 13.3. The van der Waals surface area contributed by atoms with Crippen molar-refractivity contribution in [2.24, 2.45) is 0 Å². The maximum Gasteiger partial charge on any atom is 0.255 e. The van der Waals surface area contributed by atoms with Crippen molar-refractivity contribution in [3.05, 3.63) is 58.4 Å². The van der Waals surface area contributed by atoms with Crippen LogP contribution in [0.15, 0.2) is 36.4 Å². The average Bonchev–Trinajstić information content (AvgIpc) is 2.57. The van der Waals surface area contributed by atoms with Gasteiger partial charge in [-0.1, -0.05) is 11.6 Å². The summed E-state index contributed by atoms with van der Waals surface area (Å²) in [5.41, 5.74) is 0.893. The fourth-order valence-corrected chi connectivity index (χ4v) is 2.95. The Balaban J connectivity index is 1.83. The summed E-state index contributed by atoms with van der Waals surface area (Å²) >= 11 is 6.04. The second-order valence-corrected chi connectivity index (χ2v) is 6.60. The van der Waals surface area contributed by atoms with Crippen LogP contribution in [0.3, 0.4) is 0 Å². The van der Waals surface area contributed by atoms with Crippen LogP contribution in [0.2, 0.25) is 5.02 Å². The topological polar surface area (TPSA) is 67.4 Å². The third-order valence-electron chi connectivity index (χ3n) is 4.13. The first-order valence-corrected chi connectivity index (χ1v) is 8.61. The lowest BCUT2D eigenvalue weighted by atomic mass is 10.1. The van der Waals surface area contributed by atoms with Crippen molar-refractivity contribution >= 4 is 23.4 Å². The monoisotopic (exact) mass is 376 g/mol. The molecule has 2 N–H and O–H groups in total. The summed E-state index contributed by atoms with van der Waals surface area (Å²) in [6, 6.07) is 8.59. The molecular weight excluding hydrogens is 359 g/mol. The minimum absolute atomic E-state index is 0.0870. The summed E-state index contributed by atoms with van der Waals surface area (Å²) in [6.45, 7) is 2.24. The van der Waals surface area contributed by atoms with Crippen molar-refractivity contribution < 1.29 is 18.7 Å². The molecule has 2 aromatic rings. The van der Waals surface area contributed by atoms with Gasteiger partial charge in [0, 0.05) is 30.1 Å². The molecule has 0 aliphatic carbocycles. The zero-order valence-electron chi connectivity index (χ0n) is 14.1. The van der Waals surface area contributed by atoms with Crippen LogP contribution in [0.4, 0.5) is 4.39 Å². The number of hydrogen-bond donors (Lipinski definition) is 2. The second kappa shape index (κ2) is 7.74. The zero-order chi connectivity index (χ0) is 18.7. The van der Waals surface area contributed by atoms with Crippen LogP contribution in [0.1, 0.15) is 28.8 Å². The molecule has 1 aliphatic heterocycles. The van der Waals surface area contributed by atoms with Gasteiger partial charge in [-0.3, -0.25) is 9.59 Å². The van der Waals surface area contributed by atoms with Crippen LogP contribution in [-0.4, -0.2) is 24.4 Å². The molecule has 5 nitrogen and oxygen atoms in total. The van der Waals surface area contributed by atoms with Gasteiger partial charge in [-0.05, 0) is 49.2 Å². The highest BCUT2D eigenvalue weighted by molar-refractivity contribution is 6.30. The number of carbonyl (C=O) groups excluding carboxylic acids is 2. The molecular formula is C19H18ClFN2O3. The molecule has 1 fully saturated rings. The van der Waals surface area contributed by atoms with Gasteiger partial charge in [-0.25, -0.2) is 4.39 Å². The summed E-state index contributed by atoms with van der Waals surface area (Å²) < 4.78 is 19.1. The summed E-state index contributed by atoms with van der Waals surface area (Å²) in [7, 11) is 0. The predicted octanol–water partition coefficient (Wildman–Crippen LogP) is 3.59. The molecule has 1 saturated heterocycles. The molecule has 0 spiro atoms. The number of aryl methyl sites for hydroxylation is 1. The molecule has 0 bridgehead atoms. The van der Waals surface area contributed by atoms with Crippen LogP contribution in [0.5, 0.6) is 11.5 Å². The molecule has 3 rings (SSSR count). The van der Waals surface area contributed by atoms with E-state index in [0.717, 1.165) is 0 Å². The lowest BCUT2D eigenvalue weighted by molar-refractivity contribution is -0.122. The van der Waals surface area contributed by atoms with Gasteiger partial charge in [0.2, 0.25) is 5.91 Å². The van der Waals surface area contributed by atoms with Crippen LogP contribution in [0, 0.1) is 12.7 Å². The molecule has 0 saturated carbocycles. The minimum atomic E-state index is -0.366. The van der Waals surface area contributed by atoms with E-state index in [1.165, 1.54) is 24.3 Å². The molecule has 2 amide bonds. The van der Waals surface area contributed by atoms with Crippen molar-refractivity contribution in [1.82, 2.24) is 10.6 Å². The average molecular weight is 377 g/mol. The van der Waals surface area contributed by atoms with E-state index in [0.29, 0.717) is 34.9 Å². The molecule has 0 aromatic heterocycles. The highest BCUT2D eigenvalue weighted by atomic mass is 35.5. The van der Waals surface area contributed by atoms with E-state index in [9.17, 15) is 14.0 Å². The Morgan fingerprint density at radius 1 is 1.27 bits per heavy atom. The van der Waals surface area contributed by atoms with Gasteiger partial charge in [0.05, 0.1) is 5.56 Å². The molecule has 2 aromatic carbocycles. The number of hydrogen-bond acceptors (Lipinski definition) is 3. The predicted molar refractivity (Wildman–Crippen MR) is 96.2 cm³/mol. The van der Waals surface area contributed by atoms with Gasteiger partial charge in [0.1, 0.15) is 17.3 Å². The van der Waals surface area contributed by atoms with Gasteiger partial charge < -0.3 is 15.4 Å². The first-order valence-electron chi connectivity index (χ1n) is 8.23.